The summed E-state index contributed by atoms with van der Waals surface area (Å²) in [7, 11) is 0. The number of aromatic nitrogens is 2. The minimum Gasteiger partial charge on any atom is -0.387 e. The number of hydrogen-bond acceptors (Lipinski definition) is 8. The van der Waals surface area contributed by atoms with Gasteiger partial charge >= 0.3 is 6.08 Å². The van der Waals surface area contributed by atoms with Gasteiger partial charge in [-0.15, -0.1) is 11.3 Å². The molecule has 120 valence electrons. The van der Waals surface area contributed by atoms with Crippen LogP contribution in [0.4, 0.5) is 14.6 Å². The van der Waals surface area contributed by atoms with E-state index in [1.807, 2.05) is 0 Å². The van der Waals surface area contributed by atoms with Gasteiger partial charge in [-0.1, -0.05) is 5.11 Å². The van der Waals surface area contributed by atoms with Gasteiger partial charge in [0, 0.05) is 10.5 Å². The molecule has 1 saturated carbocycles. The lowest BCUT2D eigenvalue weighted by molar-refractivity contribution is -0.0540. The molecule has 4 rings (SSSR count). The van der Waals surface area contributed by atoms with Crippen LogP contribution in [0.25, 0.3) is 20.7 Å². The summed E-state index contributed by atoms with van der Waals surface area (Å²) < 4.78 is 33.7. The summed E-state index contributed by atoms with van der Waals surface area (Å²) in [6.45, 7) is 0. The first-order valence-electron chi connectivity index (χ1n) is 6.35. The molecule has 2 unspecified atom stereocenters. The fourth-order valence-electron chi connectivity index (χ4n) is 2.99. The minimum absolute atomic E-state index is 0.0446. The van der Waals surface area contributed by atoms with Gasteiger partial charge < -0.3 is 20.7 Å². The standard InChI is InChI=1S/C11H8F2N6O3S/c12-6-4(22-11(18-19-15)8(20)10(6,11)21)2-1-23-5-3(2)16-9(13)17-7(5)14/h1,4,6,8,20-21H,(H2,14,16,17)/t4-,6-,8?,10+,11?/m0/s1. The number of anilines is 1. The number of rotatable bonds is 2. The van der Waals surface area contributed by atoms with Gasteiger partial charge in [0.2, 0.25) is 5.72 Å². The van der Waals surface area contributed by atoms with Crippen LogP contribution < -0.4 is 5.73 Å². The molecule has 0 radical (unpaired) electrons. The Morgan fingerprint density at radius 3 is 2.96 bits per heavy atom. The van der Waals surface area contributed by atoms with Crippen LogP contribution in [0.5, 0.6) is 0 Å². The molecule has 0 bridgehead atoms. The number of halogens is 2. The number of aliphatic hydroxyl groups excluding tert-OH is 1. The Balaban J connectivity index is 1.83. The number of nitrogens with zero attached hydrogens (tertiary/aromatic N) is 5. The number of aliphatic hydroxyl groups is 2. The Morgan fingerprint density at radius 2 is 2.26 bits per heavy atom. The molecule has 3 heterocycles. The maximum absolute atomic E-state index is 14.6. The first-order chi connectivity index (χ1) is 10.9. The van der Waals surface area contributed by atoms with Crippen LogP contribution in [0.3, 0.4) is 0 Å². The molecule has 1 aliphatic carbocycles. The van der Waals surface area contributed by atoms with Crippen molar-refractivity contribution in [2.24, 2.45) is 5.11 Å². The third-order valence-electron chi connectivity index (χ3n) is 4.21. The van der Waals surface area contributed by atoms with Crippen LogP contribution in [-0.2, 0) is 4.74 Å². The van der Waals surface area contributed by atoms with Gasteiger partial charge in [-0.05, 0) is 10.9 Å². The molecule has 9 nitrogen and oxygen atoms in total. The van der Waals surface area contributed by atoms with E-state index in [0.717, 1.165) is 11.3 Å². The number of fused-ring (bicyclic) bond motifs is 2. The average Bonchev–Trinajstić information content (AvgIpc) is 2.83. The first kappa shape index (κ1) is 14.5. The number of azide groups is 1. The van der Waals surface area contributed by atoms with Crippen molar-refractivity contribution < 1.29 is 23.7 Å². The van der Waals surface area contributed by atoms with Crippen molar-refractivity contribution in [1.29, 1.82) is 0 Å². The van der Waals surface area contributed by atoms with Gasteiger partial charge in [0.05, 0.1) is 10.2 Å². The van der Waals surface area contributed by atoms with E-state index in [9.17, 15) is 19.0 Å². The Kier molecular flexibility index (Phi) is 2.67. The molecule has 2 fully saturated rings. The van der Waals surface area contributed by atoms with Gasteiger partial charge in [-0.3, -0.25) is 0 Å². The molecular formula is C11H8F2N6O3S. The maximum atomic E-state index is 14.6. The first-order valence-corrected chi connectivity index (χ1v) is 7.23. The monoisotopic (exact) mass is 342 g/mol. The highest BCUT2D eigenvalue weighted by Crippen LogP contribution is 2.65. The van der Waals surface area contributed by atoms with Gasteiger partial charge in [-0.2, -0.15) is 9.37 Å². The molecule has 0 spiro atoms. The molecule has 2 aromatic heterocycles. The van der Waals surface area contributed by atoms with Crippen LogP contribution in [0.15, 0.2) is 10.5 Å². The number of thiophene rings is 1. The Bertz CT molecular complexity index is 888. The number of nitrogen functional groups attached to an aromatic ring is 1. The summed E-state index contributed by atoms with van der Waals surface area (Å²) in [6.07, 6.45) is -6.26. The molecule has 0 aromatic carbocycles. The third-order valence-corrected chi connectivity index (χ3v) is 5.22. The molecular weight excluding hydrogens is 334 g/mol. The van der Waals surface area contributed by atoms with Crippen molar-refractivity contribution >= 4 is 27.4 Å². The summed E-state index contributed by atoms with van der Waals surface area (Å²) in [5, 5.41) is 24.5. The van der Waals surface area contributed by atoms with Crippen molar-refractivity contribution in [1.82, 2.24) is 9.97 Å². The summed E-state index contributed by atoms with van der Waals surface area (Å²) in [5.74, 6) is -0.106. The topological polar surface area (TPSA) is 150 Å². The summed E-state index contributed by atoms with van der Waals surface area (Å²) in [6, 6.07) is 0. The molecule has 5 atom stereocenters. The Morgan fingerprint density at radius 1 is 1.52 bits per heavy atom. The summed E-state index contributed by atoms with van der Waals surface area (Å²) in [4.78, 5) is 9.44. The third kappa shape index (κ3) is 1.51. The smallest absolute Gasteiger partial charge is 0.311 e. The highest BCUT2D eigenvalue weighted by Gasteiger charge is 2.88. The summed E-state index contributed by atoms with van der Waals surface area (Å²) >= 11 is 1.06. The normalized spacial score (nSPS) is 38.3. The van der Waals surface area contributed by atoms with Crippen molar-refractivity contribution in [3.05, 3.63) is 27.5 Å². The predicted molar refractivity (Wildman–Crippen MR) is 73.3 cm³/mol. The van der Waals surface area contributed by atoms with E-state index in [2.05, 4.69) is 20.0 Å². The minimum atomic E-state index is -2.35. The fraction of sp³-hybridized carbons (Fsp3) is 0.455. The van der Waals surface area contributed by atoms with Crippen molar-refractivity contribution in [3.8, 4) is 0 Å². The average molecular weight is 342 g/mol. The molecule has 23 heavy (non-hydrogen) atoms. The summed E-state index contributed by atoms with van der Waals surface area (Å²) in [5.41, 5.74) is 9.86. The zero-order chi connectivity index (χ0) is 16.6. The number of alkyl halides is 1. The molecule has 12 heteroatoms. The van der Waals surface area contributed by atoms with E-state index in [0.29, 0.717) is 4.70 Å². The van der Waals surface area contributed by atoms with Crippen molar-refractivity contribution in [3.63, 3.8) is 0 Å². The second-order valence-corrected chi connectivity index (χ2v) is 6.18. The molecule has 1 saturated heterocycles. The van der Waals surface area contributed by atoms with E-state index in [1.54, 1.807) is 0 Å². The van der Waals surface area contributed by atoms with Crippen LogP contribution in [0, 0.1) is 6.08 Å². The van der Waals surface area contributed by atoms with Gasteiger partial charge in [0.1, 0.15) is 18.0 Å². The van der Waals surface area contributed by atoms with E-state index < -0.39 is 35.8 Å². The molecule has 2 aliphatic rings. The van der Waals surface area contributed by atoms with E-state index >= 15 is 0 Å². The number of ether oxygens (including phenoxy) is 1. The Hall–Kier alpha value is -2.11. The van der Waals surface area contributed by atoms with E-state index in [1.165, 1.54) is 5.38 Å². The van der Waals surface area contributed by atoms with Crippen LogP contribution >= 0.6 is 11.3 Å². The maximum Gasteiger partial charge on any atom is 0.311 e. The predicted octanol–water partition coefficient (Wildman–Crippen LogP) is 0.934. The van der Waals surface area contributed by atoms with Gasteiger partial charge in [-0.25, -0.2) is 9.37 Å². The molecule has 2 aromatic rings. The zero-order valence-corrected chi connectivity index (χ0v) is 11.9. The lowest BCUT2D eigenvalue weighted by Gasteiger charge is -2.18. The molecule has 4 N–H and O–H groups in total. The second-order valence-electron chi connectivity index (χ2n) is 5.30. The Labute approximate surface area is 130 Å². The highest BCUT2D eigenvalue weighted by molar-refractivity contribution is 7.17. The SMILES string of the molecule is [N-]=[N+]=NC12O[C@@H](c3csc4c(N)nc(F)nc34)[C@H](F)[C@@]1(O)C2O. The highest BCUT2D eigenvalue weighted by atomic mass is 32.1. The second kappa shape index (κ2) is 4.24. The van der Waals surface area contributed by atoms with Crippen LogP contribution in [0.2, 0.25) is 0 Å². The fourth-order valence-corrected chi connectivity index (χ4v) is 3.92. The van der Waals surface area contributed by atoms with E-state index in [4.69, 9.17) is 16.0 Å². The van der Waals surface area contributed by atoms with E-state index in [-0.39, 0.29) is 16.9 Å². The molecule has 0 amide bonds. The van der Waals surface area contributed by atoms with Crippen LogP contribution in [-0.4, -0.2) is 43.8 Å². The lowest BCUT2D eigenvalue weighted by atomic mass is 10.0. The van der Waals surface area contributed by atoms with Crippen molar-refractivity contribution in [2.75, 3.05) is 5.73 Å². The quantitative estimate of drug-likeness (QED) is 0.320. The van der Waals surface area contributed by atoms with Crippen molar-refractivity contribution in [2.45, 2.75) is 29.7 Å². The largest absolute Gasteiger partial charge is 0.387 e. The number of hydrogen-bond donors (Lipinski definition) is 3. The lowest BCUT2D eigenvalue weighted by Crippen LogP contribution is -2.31. The van der Waals surface area contributed by atoms with Crippen LogP contribution in [0.1, 0.15) is 11.7 Å². The zero-order valence-electron chi connectivity index (χ0n) is 11.1. The molecule has 1 aliphatic heterocycles. The van der Waals surface area contributed by atoms with Gasteiger partial charge in [0.25, 0.3) is 0 Å². The van der Waals surface area contributed by atoms with Gasteiger partial charge in [0.15, 0.2) is 11.8 Å². The number of nitrogens with two attached hydrogens (primary N) is 1.